The van der Waals surface area contributed by atoms with Crippen LogP contribution in [0.3, 0.4) is 0 Å². The number of amides is 1. The zero-order chi connectivity index (χ0) is 20.1. The van der Waals surface area contributed by atoms with Crippen molar-refractivity contribution in [3.8, 4) is 0 Å². The number of benzene rings is 2. The number of ether oxygens (including phenoxy) is 1. The first-order chi connectivity index (χ1) is 13.5. The lowest BCUT2D eigenvalue weighted by atomic mass is 10.1. The lowest BCUT2D eigenvalue weighted by Gasteiger charge is -2.20. The number of hydrogen-bond donors (Lipinski definition) is 0. The van der Waals surface area contributed by atoms with Crippen LogP contribution in [0.4, 0.5) is 4.39 Å². The Morgan fingerprint density at radius 2 is 2.00 bits per heavy atom. The highest BCUT2D eigenvalue weighted by molar-refractivity contribution is 5.87. The molecule has 3 rings (SSSR count). The van der Waals surface area contributed by atoms with Crippen molar-refractivity contribution in [1.29, 1.82) is 0 Å². The van der Waals surface area contributed by atoms with Crippen molar-refractivity contribution in [3.63, 3.8) is 0 Å². The van der Waals surface area contributed by atoms with E-state index in [1.165, 1.54) is 23.3 Å². The zero-order valence-corrected chi connectivity index (χ0v) is 15.9. The van der Waals surface area contributed by atoms with E-state index < -0.39 is 5.97 Å². The number of aryl methyl sites for hydroxylation is 1. The summed E-state index contributed by atoms with van der Waals surface area (Å²) in [5.74, 6) is -1.18. The summed E-state index contributed by atoms with van der Waals surface area (Å²) in [7, 11) is 0. The molecule has 0 N–H and O–H groups in total. The average Bonchev–Trinajstić information content (AvgIpc) is 3.06. The summed E-state index contributed by atoms with van der Waals surface area (Å²) in [6, 6.07) is 11.8. The van der Waals surface area contributed by atoms with Crippen LogP contribution in [0.5, 0.6) is 0 Å². The molecule has 1 amide bonds. The smallest absolute Gasteiger partial charge is 0.310 e. The van der Waals surface area contributed by atoms with Gasteiger partial charge in [0.2, 0.25) is 0 Å². The minimum Gasteiger partial charge on any atom is -0.464 e. The molecule has 0 saturated heterocycles. The lowest BCUT2D eigenvalue weighted by molar-refractivity contribution is -0.151. The molecule has 0 radical (unpaired) electrons. The molecule has 146 valence electrons. The molecule has 0 atom stereocenters. The van der Waals surface area contributed by atoms with Crippen molar-refractivity contribution in [2.45, 2.75) is 26.8 Å². The number of halogens is 1. The van der Waals surface area contributed by atoms with E-state index in [0.29, 0.717) is 17.7 Å². The highest BCUT2D eigenvalue weighted by Crippen LogP contribution is 2.23. The molecule has 0 aliphatic rings. The van der Waals surface area contributed by atoms with Crippen LogP contribution < -0.4 is 0 Å². The molecule has 1 aromatic heterocycles. The predicted octanol–water partition coefficient (Wildman–Crippen LogP) is 4.01. The summed E-state index contributed by atoms with van der Waals surface area (Å²) < 4.78 is 23.9. The van der Waals surface area contributed by atoms with Crippen molar-refractivity contribution in [3.05, 3.63) is 71.2 Å². The van der Waals surface area contributed by atoms with Crippen LogP contribution in [0.1, 0.15) is 23.6 Å². The third kappa shape index (κ3) is 4.76. The summed E-state index contributed by atoms with van der Waals surface area (Å²) >= 11 is 0. The van der Waals surface area contributed by atoms with Gasteiger partial charge in [0, 0.05) is 24.0 Å². The van der Waals surface area contributed by atoms with E-state index in [2.05, 4.69) is 0 Å². The van der Waals surface area contributed by atoms with Gasteiger partial charge in [-0.25, -0.2) is 4.39 Å². The number of carbonyl (C=O) groups is 2. The largest absolute Gasteiger partial charge is 0.464 e. The van der Waals surface area contributed by atoms with Crippen LogP contribution in [0.2, 0.25) is 0 Å². The normalized spacial score (nSPS) is 10.8. The van der Waals surface area contributed by atoms with Gasteiger partial charge in [0.15, 0.2) is 6.61 Å². The first-order valence-corrected chi connectivity index (χ1v) is 9.11. The van der Waals surface area contributed by atoms with Gasteiger partial charge in [0.05, 0.1) is 12.7 Å². The molecular formula is C22H22FNO4. The van der Waals surface area contributed by atoms with Gasteiger partial charge in [-0.2, -0.15) is 0 Å². The number of carbonyl (C=O) groups excluding carboxylic acids is 2. The highest BCUT2D eigenvalue weighted by Gasteiger charge is 2.17. The van der Waals surface area contributed by atoms with Gasteiger partial charge in [-0.15, -0.1) is 0 Å². The fraction of sp³-hybridized carbons (Fsp3) is 0.273. The van der Waals surface area contributed by atoms with Crippen LogP contribution in [-0.4, -0.2) is 29.9 Å². The Kier molecular flexibility index (Phi) is 6.09. The number of esters is 1. The standard InChI is InChI=1S/C22H22FNO4/c1-3-24(12-16-5-4-6-18(23)10-16)21(25)14-28-22(26)11-17-13-27-20-9-15(2)7-8-19(17)20/h4-10,13H,3,11-12,14H2,1-2H3. The Morgan fingerprint density at radius 3 is 2.75 bits per heavy atom. The van der Waals surface area contributed by atoms with Crippen LogP contribution in [0.25, 0.3) is 11.0 Å². The number of furan rings is 1. The maximum Gasteiger partial charge on any atom is 0.310 e. The van der Waals surface area contributed by atoms with Crippen LogP contribution in [0, 0.1) is 12.7 Å². The van der Waals surface area contributed by atoms with Crippen molar-refractivity contribution < 1.29 is 23.1 Å². The Hall–Kier alpha value is -3.15. The van der Waals surface area contributed by atoms with Crippen molar-refractivity contribution in [2.24, 2.45) is 0 Å². The first kappa shape index (κ1) is 19.6. The highest BCUT2D eigenvalue weighted by atomic mass is 19.1. The quantitative estimate of drug-likeness (QED) is 0.579. The first-order valence-electron chi connectivity index (χ1n) is 9.11. The number of hydrogen-bond acceptors (Lipinski definition) is 4. The molecule has 0 bridgehead atoms. The molecule has 3 aromatic rings. The topological polar surface area (TPSA) is 59.8 Å². The summed E-state index contributed by atoms with van der Waals surface area (Å²) in [6.45, 7) is 4.12. The van der Waals surface area contributed by atoms with Crippen LogP contribution in [0.15, 0.2) is 53.1 Å². The van der Waals surface area contributed by atoms with Crippen molar-refractivity contribution in [1.82, 2.24) is 4.90 Å². The Morgan fingerprint density at radius 1 is 1.18 bits per heavy atom. The van der Waals surface area contributed by atoms with Crippen molar-refractivity contribution >= 4 is 22.8 Å². The van der Waals surface area contributed by atoms with Crippen LogP contribution >= 0.6 is 0 Å². The summed E-state index contributed by atoms with van der Waals surface area (Å²) in [4.78, 5) is 26.0. The molecule has 0 aliphatic heterocycles. The summed E-state index contributed by atoms with van der Waals surface area (Å²) in [5, 5.41) is 0.857. The van der Waals surface area contributed by atoms with E-state index in [1.807, 2.05) is 32.0 Å². The Bertz CT molecular complexity index is 995. The molecule has 6 heteroatoms. The third-order valence-electron chi connectivity index (χ3n) is 4.50. The van der Waals surface area contributed by atoms with E-state index in [0.717, 1.165) is 16.5 Å². The molecule has 0 saturated carbocycles. The minimum absolute atomic E-state index is 0.0271. The van der Waals surface area contributed by atoms with E-state index >= 15 is 0 Å². The molecule has 1 heterocycles. The molecule has 0 spiro atoms. The second-order valence-electron chi connectivity index (χ2n) is 6.64. The minimum atomic E-state index is -0.501. The van der Waals surface area contributed by atoms with Gasteiger partial charge < -0.3 is 14.1 Å². The molecular weight excluding hydrogens is 361 g/mol. The fourth-order valence-corrected chi connectivity index (χ4v) is 3.00. The number of rotatable bonds is 7. The van der Waals surface area contributed by atoms with Gasteiger partial charge in [-0.05, 0) is 43.2 Å². The number of likely N-dealkylation sites (N-methyl/N-ethyl adjacent to an activating group) is 1. The lowest BCUT2D eigenvalue weighted by Crippen LogP contribution is -2.34. The predicted molar refractivity (Wildman–Crippen MR) is 103 cm³/mol. The molecule has 0 aliphatic carbocycles. The SMILES string of the molecule is CCN(Cc1cccc(F)c1)C(=O)COC(=O)Cc1coc2cc(C)ccc12. The van der Waals surface area contributed by atoms with E-state index in [9.17, 15) is 14.0 Å². The fourth-order valence-electron chi connectivity index (χ4n) is 3.00. The molecule has 0 unspecified atom stereocenters. The maximum atomic E-state index is 13.3. The second-order valence-corrected chi connectivity index (χ2v) is 6.64. The van der Waals surface area contributed by atoms with Gasteiger partial charge in [0.1, 0.15) is 11.4 Å². The Balaban J connectivity index is 1.55. The molecule has 5 nitrogen and oxygen atoms in total. The number of fused-ring (bicyclic) bond motifs is 1. The van der Waals surface area contributed by atoms with Gasteiger partial charge >= 0.3 is 5.97 Å². The summed E-state index contributed by atoms with van der Waals surface area (Å²) in [6.07, 6.45) is 1.56. The van der Waals surface area contributed by atoms with Gasteiger partial charge in [-0.3, -0.25) is 9.59 Å². The van der Waals surface area contributed by atoms with E-state index in [-0.39, 0.29) is 31.3 Å². The van der Waals surface area contributed by atoms with Gasteiger partial charge in [-0.1, -0.05) is 24.3 Å². The second kappa shape index (κ2) is 8.69. The number of nitrogens with zero attached hydrogens (tertiary/aromatic N) is 1. The maximum absolute atomic E-state index is 13.3. The van der Waals surface area contributed by atoms with Crippen molar-refractivity contribution in [2.75, 3.05) is 13.2 Å². The molecule has 28 heavy (non-hydrogen) atoms. The van der Waals surface area contributed by atoms with E-state index in [1.54, 1.807) is 12.1 Å². The van der Waals surface area contributed by atoms with Gasteiger partial charge in [0.25, 0.3) is 5.91 Å². The summed E-state index contributed by atoms with van der Waals surface area (Å²) in [5.41, 5.74) is 3.19. The molecule has 0 fully saturated rings. The zero-order valence-electron chi connectivity index (χ0n) is 15.9. The monoisotopic (exact) mass is 383 g/mol. The van der Waals surface area contributed by atoms with Crippen LogP contribution in [-0.2, 0) is 27.3 Å². The Labute approximate surface area is 162 Å². The average molecular weight is 383 g/mol. The third-order valence-corrected chi connectivity index (χ3v) is 4.50. The molecule has 2 aromatic carbocycles. The van der Waals surface area contributed by atoms with E-state index in [4.69, 9.17) is 9.15 Å².